The molecule has 1 aromatic heterocycles. The van der Waals surface area contributed by atoms with Gasteiger partial charge in [-0.1, -0.05) is 29.8 Å². The number of ether oxygens (including phenoxy) is 2. The van der Waals surface area contributed by atoms with Crippen LogP contribution in [0.25, 0.3) is 11.3 Å². The summed E-state index contributed by atoms with van der Waals surface area (Å²) in [6.07, 6.45) is 2.03. The zero-order valence-corrected chi connectivity index (χ0v) is 15.9. The third-order valence-corrected chi connectivity index (χ3v) is 4.20. The Labute approximate surface area is 162 Å². The van der Waals surface area contributed by atoms with Gasteiger partial charge >= 0.3 is 0 Å². The van der Waals surface area contributed by atoms with E-state index in [-0.39, 0.29) is 23.8 Å². The zero-order chi connectivity index (χ0) is 20.1. The van der Waals surface area contributed by atoms with Gasteiger partial charge in [0.1, 0.15) is 0 Å². The lowest BCUT2D eigenvalue weighted by atomic mass is 10.1. The lowest BCUT2D eigenvalue weighted by molar-refractivity contribution is -0.116. The fourth-order valence-corrected chi connectivity index (χ4v) is 2.66. The average Bonchev–Trinajstić information content (AvgIpc) is 3.17. The van der Waals surface area contributed by atoms with Crippen LogP contribution in [0, 0.1) is 12.7 Å². The van der Waals surface area contributed by atoms with E-state index < -0.39 is 5.82 Å². The van der Waals surface area contributed by atoms with E-state index in [0.29, 0.717) is 23.8 Å². The zero-order valence-electron chi connectivity index (χ0n) is 15.9. The minimum Gasteiger partial charge on any atom is -0.493 e. The van der Waals surface area contributed by atoms with Crippen LogP contribution in [-0.4, -0.2) is 25.1 Å². The van der Waals surface area contributed by atoms with Gasteiger partial charge in [0.2, 0.25) is 5.91 Å². The van der Waals surface area contributed by atoms with Crippen LogP contribution in [0.3, 0.4) is 0 Å². The van der Waals surface area contributed by atoms with E-state index >= 15 is 0 Å². The maximum absolute atomic E-state index is 14.1. The average molecular weight is 384 g/mol. The van der Waals surface area contributed by atoms with Crippen molar-refractivity contribution in [3.05, 3.63) is 59.9 Å². The van der Waals surface area contributed by atoms with Gasteiger partial charge in [0, 0.05) is 30.5 Å². The Kier molecular flexibility index (Phi) is 5.93. The van der Waals surface area contributed by atoms with Crippen molar-refractivity contribution in [2.24, 2.45) is 0 Å². The molecule has 1 N–H and O–H groups in total. The van der Waals surface area contributed by atoms with Gasteiger partial charge in [-0.05, 0) is 6.92 Å². The molecule has 7 heteroatoms. The molecular formula is C21H21FN2O4. The van der Waals surface area contributed by atoms with Gasteiger partial charge in [0.25, 0.3) is 0 Å². The summed E-state index contributed by atoms with van der Waals surface area (Å²) in [6, 6.07) is 10.4. The Morgan fingerprint density at radius 2 is 1.82 bits per heavy atom. The van der Waals surface area contributed by atoms with Crippen LogP contribution in [0.4, 0.5) is 10.1 Å². The number of halogens is 1. The van der Waals surface area contributed by atoms with Crippen LogP contribution < -0.4 is 14.8 Å². The van der Waals surface area contributed by atoms with Crippen LogP contribution >= 0.6 is 0 Å². The second-order valence-corrected chi connectivity index (χ2v) is 6.22. The predicted octanol–water partition coefficient (Wildman–Crippen LogP) is 4.38. The molecule has 0 unspecified atom stereocenters. The number of oxazole rings is 1. The van der Waals surface area contributed by atoms with Crippen molar-refractivity contribution in [3.63, 3.8) is 0 Å². The highest BCUT2D eigenvalue weighted by Crippen LogP contribution is 2.32. The molecule has 0 radical (unpaired) electrons. The number of methoxy groups -OCH3 is 2. The van der Waals surface area contributed by atoms with E-state index in [4.69, 9.17) is 13.9 Å². The van der Waals surface area contributed by atoms with Gasteiger partial charge in [-0.15, -0.1) is 0 Å². The van der Waals surface area contributed by atoms with E-state index in [0.717, 1.165) is 17.2 Å². The van der Waals surface area contributed by atoms with Gasteiger partial charge < -0.3 is 19.2 Å². The largest absolute Gasteiger partial charge is 0.493 e. The quantitative estimate of drug-likeness (QED) is 0.654. The first-order chi connectivity index (χ1) is 13.5. The molecule has 0 saturated carbocycles. The van der Waals surface area contributed by atoms with Crippen LogP contribution in [0.1, 0.15) is 17.9 Å². The van der Waals surface area contributed by atoms with Gasteiger partial charge in [-0.3, -0.25) is 4.79 Å². The first-order valence-electron chi connectivity index (χ1n) is 8.73. The summed E-state index contributed by atoms with van der Waals surface area (Å²) in [6.45, 7) is 2.01. The van der Waals surface area contributed by atoms with Gasteiger partial charge in [0.15, 0.2) is 29.0 Å². The number of benzene rings is 2. The SMILES string of the molecule is COc1cc(F)c(NC(=O)CCc2ncc(-c3ccc(C)cc3)o2)cc1OC. The summed E-state index contributed by atoms with van der Waals surface area (Å²) in [5.74, 6) is 0.695. The number of anilines is 1. The van der Waals surface area contributed by atoms with Crippen molar-refractivity contribution in [1.29, 1.82) is 0 Å². The summed E-state index contributed by atoms with van der Waals surface area (Å²) in [5, 5.41) is 2.53. The van der Waals surface area contributed by atoms with E-state index in [1.165, 1.54) is 20.3 Å². The lowest BCUT2D eigenvalue weighted by Crippen LogP contribution is -2.13. The molecule has 3 rings (SSSR count). The number of hydrogen-bond donors (Lipinski definition) is 1. The number of amides is 1. The summed E-state index contributed by atoms with van der Waals surface area (Å²) in [4.78, 5) is 16.4. The molecule has 6 nitrogen and oxygen atoms in total. The first kappa shape index (κ1) is 19.4. The number of aryl methyl sites for hydroxylation is 2. The van der Waals surface area contributed by atoms with Crippen molar-refractivity contribution in [2.75, 3.05) is 19.5 Å². The number of nitrogens with one attached hydrogen (secondary N) is 1. The van der Waals surface area contributed by atoms with E-state index in [2.05, 4.69) is 10.3 Å². The summed E-state index contributed by atoms with van der Waals surface area (Å²) in [7, 11) is 2.85. The molecular weight excluding hydrogens is 363 g/mol. The van der Waals surface area contributed by atoms with Crippen LogP contribution in [0.5, 0.6) is 11.5 Å². The molecule has 0 bridgehead atoms. The lowest BCUT2D eigenvalue weighted by Gasteiger charge is -2.11. The van der Waals surface area contributed by atoms with Gasteiger partial charge in [0.05, 0.1) is 26.1 Å². The molecule has 0 fully saturated rings. The fourth-order valence-electron chi connectivity index (χ4n) is 2.66. The Morgan fingerprint density at radius 3 is 2.50 bits per heavy atom. The predicted molar refractivity (Wildman–Crippen MR) is 103 cm³/mol. The second-order valence-electron chi connectivity index (χ2n) is 6.22. The normalized spacial score (nSPS) is 10.6. The number of rotatable bonds is 7. The molecule has 0 saturated heterocycles. The molecule has 1 heterocycles. The summed E-state index contributed by atoms with van der Waals surface area (Å²) >= 11 is 0. The number of nitrogens with zero attached hydrogens (tertiary/aromatic N) is 1. The highest BCUT2D eigenvalue weighted by molar-refractivity contribution is 5.91. The maximum atomic E-state index is 14.1. The second kappa shape index (κ2) is 8.56. The molecule has 0 aliphatic rings. The Morgan fingerprint density at radius 1 is 1.14 bits per heavy atom. The van der Waals surface area contributed by atoms with Crippen molar-refractivity contribution in [1.82, 2.24) is 4.98 Å². The van der Waals surface area contributed by atoms with E-state index in [1.807, 2.05) is 31.2 Å². The minimum atomic E-state index is -0.608. The highest BCUT2D eigenvalue weighted by atomic mass is 19.1. The summed E-state index contributed by atoms with van der Waals surface area (Å²) < 4.78 is 30.0. The fraction of sp³-hybridized carbons (Fsp3) is 0.238. The van der Waals surface area contributed by atoms with Crippen LogP contribution in [0.15, 0.2) is 47.0 Å². The standard InChI is InChI=1S/C21H21FN2O4/c1-13-4-6-14(7-5-13)19-12-23-21(28-19)9-8-20(25)24-16-11-18(27-3)17(26-2)10-15(16)22/h4-7,10-12H,8-9H2,1-3H3,(H,24,25). The summed E-state index contributed by atoms with van der Waals surface area (Å²) in [5.41, 5.74) is 2.10. The van der Waals surface area contributed by atoms with Gasteiger partial charge in [-0.25, -0.2) is 9.37 Å². The number of hydrogen-bond acceptors (Lipinski definition) is 5. The third-order valence-electron chi connectivity index (χ3n) is 4.20. The maximum Gasteiger partial charge on any atom is 0.224 e. The van der Waals surface area contributed by atoms with Crippen molar-refractivity contribution < 1.29 is 23.1 Å². The van der Waals surface area contributed by atoms with Crippen molar-refractivity contribution in [2.45, 2.75) is 19.8 Å². The highest BCUT2D eigenvalue weighted by Gasteiger charge is 2.14. The third kappa shape index (κ3) is 4.49. The molecule has 0 aliphatic carbocycles. The smallest absolute Gasteiger partial charge is 0.224 e. The Balaban J connectivity index is 1.61. The molecule has 146 valence electrons. The number of aromatic nitrogens is 1. The van der Waals surface area contributed by atoms with Crippen molar-refractivity contribution >= 4 is 11.6 Å². The molecule has 0 aliphatic heterocycles. The molecule has 1 amide bonds. The molecule has 0 spiro atoms. The molecule has 3 aromatic rings. The van der Waals surface area contributed by atoms with Crippen LogP contribution in [0.2, 0.25) is 0 Å². The van der Waals surface area contributed by atoms with E-state index in [1.54, 1.807) is 6.20 Å². The molecule has 0 atom stereocenters. The molecule has 28 heavy (non-hydrogen) atoms. The number of carbonyl (C=O) groups excluding carboxylic acids is 1. The Bertz CT molecular complexity index is 967. The minimum absolute atomic E-state index is 0.0235. The monoisotopic (exact) mass is 384 g/mol. The Hall–Kier alpha value is -3.35. The van der Waals surface area contributed by atoms with Gasteiger partial charge in [-0.2, -0.15) is 0 Å². The van der Waals surface area contributed by atoms with Crippen molar-refractivity contribution in [3.8, 4) is 22.8 Å². The molecule has 2 aromatic carbocycles. The van der Waals surface area contributed by atoms with Crippen LogP contribution in [-0.2, 0) is 11.2 Å². The first-order valence-corrected chi connectivity index (χ1v) is 8.73. The van der Waals surface area contributed by atoms with E-state index in [9.17, 15) is 9.18 Å². The topological polar surface area (TPSA) is 73.6 Å². The number of carbonyl (C=O) groups is 1.